The molecule has 21 nitrogen and oxygen atoms in total. The van der Waals surface area contributed by atoms with Crippen molar-refractivity contribution >= 4 is 63.0 Å². The number of piperidine rings is 2. The van der Waals surface area contributed by atoms with Crippen LogP contribution in [0, 0.1) is 30.0 Å². The molecule has 4 aliphatic rings. The van der Waals surface area contributed by atoms with Gasteiger partial charge in [-0.05, 0) is 94.6 Å². The van der Waals surface area contributed by atoms with E-state index in [1.165, 1.54) is 17.9 Å². The Kier molecular flexibility index (Phi) is 16.9. The molecule has 2 aliphatic carbocycles. The zero-order valence-corrected chi connectivity index (χ0v) is 46.1. The molecule has 81 heavy (non-hydrogen) atoms. The molecule has 3 fully saturated rings. The number of nitrogens with one attached hydrogen (secondary N) is 5. The number of alkyl halides is 2. The number of likely N-dealkylation sites (tertiary alicyclic amines) is 2. The summed E-state index contributed by atoms with van der Waals surface area (Å²) in [5.74, 6) is -5.49. The average molecular weight is 1120 g/mol. The summed E-state index contributed by atoms with van der Waals surface area (Å²) in [6.45, 7) is 7.02. The highest BCUT2D eigenvalue weighted by molar-refractivity contribution is 6.04. The Morgan fingerprint density at radius 3 is 2.33 bits per heavy atom. The lowest BCUT2D eigenvalue weighted by atomic mass is 9.87. The largest absolute Gasteiger partial charge is 0.468 e. The number of aryl methyl sites for hydroxylation is 1. The zero-order chi connectivity index (χ0) is 57.0. The van der Waals surface area contributed by atoms with E-state index in [0.717, 1.165) is 82.8 Å². The Balaban J connectivity index is 0.582. The van der Waals surface area contributed by atoms with E-state index in [4.69, 9.17) is 0 Å². The molecular formula is C57H71F3N14O7. The molecule has 5 amide bonds. The molecule has 1 saturated carbocycles. The smallest absolute Gasteiger partial charge is 0.325 e. The van der Waals surface area contributed by atoms with E-state index in [1.54, 1.807) is 38.5 Å². The number of rotatable bonds is 23. The third-order valence-electron chi connectivity index (χ3n) is 17.1. The highest BCUT2D eigenvalue weighted by Crippen LogP contribution is 2.70. The van der Waals surface area contributed by atoms with Crippen LogP contribution < -0.4 is 21.3 Å². The van der Waals surface area contributed by atoms with Crippen molar-refractivity contribution in [2.24, 2.45) is 17.3 Å². The van der Waals surface area contributed by atoms with E-state index < -0.39 is 46.8 Å². The summed E-state index contributed by atoms with van der Waals surface area (Å²) in [4.78, 5) is 79.4. The van der Waals surface area contributed by atoms with Gasteiger partial charge in [-0.3, -0.25) is 52.8 Å². The summed E-state index contributed by atoms with van der Waals surface area (Å²) in [6, 6.07) is 8.83. The molecule has 4 aromatic heterocycles. The first-order valence-electron chi connectivity index (χ1n) is 28.3. The fraction of sp³-hybridized carbons (Fsp3) is 0.544. The normalized spacial score (nSPS) is 19.0. The molecule has 2 aromatic carbocycles. The van der Waals surface area contributed by atoms with Gasteiger partial charge >= 0.3 is 5.97 Å². The van der Waals surface area contributed by atoms with E-state index in [-0.39, 0.29) is 56.0 Å². The number of aromatic nitrogens is 8. The number of ether oxygens (including phenoxy) is 1. The first-order chi connectivity index (χ1) is 39.0. The molecule has 10 rings (SSSR count). The first kappa shape index (κ1) is 56.6. The maximum Gasteiger partial charge on any atom is 0.325 e. The van der Waals surface area contributed by atoms with Crippen LogP contribution >= 0.6 is 0 Å². The zero-order valence-electron chi connectivity index (χ0n) is 46.1. The van der Waals surface area contributed by atoms with Crippen molar-refractivity contribution in [1.29, 1.82) is 0 Å². The number of anilines is 1. The number of benzene rings is 2. The molecule has 5 N–H and O–H groups in total. The number of carbonyl (C=O) groups is 6. The maximum absolute atomic E-state index is 15.9. The van der Waals surface area contributed by atoms with Gasteiger partial charge in [0.1, 0.15) is 18.9 Å². The Morgan fingerprint density at radius 2 is 1.56 bits per heavy atom. The second kappa shape index (κ2) is 24.2. The SMILES string of the molecule is COC(=O)CNC(=O)CNC(=O)Cn1nc(C)c2c(-c3cc4c(cnn4CC4CCN(CC(=O)NCCCCCCCCC(=O)N5CCC(n6cc(NC(=O)c7n[nH]c8c7C[C@H]7C(F)(F)[C@@]7(C)C8)cn6)CC5)CC4)cc3F)cccc21. The number of unbranched alkanes of at least 4 members (excludes halogenated alkanes) is 5. The van der Waals surface area contributed by atoms with Gasteiger partial charge in [0.05, 0.1) is 61.0 Å². The molecule has 2 atom stereocenters. The quantitative estimate of drug-likeness (QED) is 0.0374. The van der Waals surface area contributed by atoms with Gasteiger partial charge in [-0.1, -0.05) is 44.7 Å². The van der Waals surface area contributed by atoms with Crippen LogP contribution in [0.4, 0.5) is 18.9 Å². The number of amides is 5. The van der Waals surface area contributed by atoms with E-state index >= 15 is 4.39 Å². The summed E-state index contributed by atoms with van der Waals surface area (Å²) < 4.78 is 54.5. The third kappa shape index (κ3) is 12.5. The lowest BCUT2D eigenvalue weighted by Gasteiger charge is -2.32. The Bertz CT molecular complexity index is 3320. The van der Waals surface area contributed by atoms with Crippen LogP contribution in [0.3, 0.4) is 0 Å². The molecule has 2 aliphatic heterocycles. The van der Waals surface area contributed by atoms with Crippen LogP contribution in [-0.2, 0) is 54.6 Å². The lowest BCUT2D eigenvalue weighted by Crippen LogP contribution is -2.42. The minimum Gasteiger partial charge on any atom is -0.468 e. The standard InChI is InChI=1S/C57H71F3N14O7/c1-35-53-40(11-10-12-45(53)74(69-35)34-50(77)62-29-48(75)63-30-52(79)81-3)41-24-46-37(23-43(41)58)27-64-73(46)31-36-14-19-70(20-15-36)33-49(76)61-18-9-7-5-4-6-8-13-51(78)71-21-16-39(17-22-71)72-32-38(28-65-72)66-55(80)54-42-25-47-56(2,57(47,59)60)26-44(42)67-68-54/h10-12,23-24,27-28,32,36,39,47H,4-9,13-22,25-26,29-31,33-34H2,1-3H3,(H,61,76)(H,62,77)(H,63,75)(H,66,80)(H,67,68)/t47-,56+/m1/s1. The fourth-order valence-electron chi connectivity index (χ4n) is 12.2. The number of nitrogens with zero attached hydrogens (tertiary/aromatic N) is 9. The van der Waals surface area contributed by atoms with Crippen molar-refractivity contribution in [3.63, 3.8) is 0 Å². The average Bonchev–Trinajstić information content (AvgIpc) is 4.11. The fourth-order valence-corrected chi connectivity index (χ4v) is 12.2. The van der Waals surface area contributed by atoms with Crippen molar-refractivity contribution in [3.05, 3.63) is 77.4 Å². The molecular weight excluding hydrogens is 1050 g/mol. The Morgan fingerprint density at radius 1 is 0.815 bits per heavy atom. The van der Waals surface area contributed by atoms with Crippen LogP contribution in [0.5, 0.6) is 0 Å². The highest BCUT2D eigenvalue weighted by Gasteiger charge is 2.78. The summed E-state index contributed by atoms with van der Waals surface area (Å²) in [7, 11) is 1.21. The van der Waals surface area contributed by atoms with E-state index in [1.807, 2.05) is 32.5 Å². The van der Waals surface area contributed by atoms with E-state index in [2.05, 4.69) is 56.4 Å². The number of carbonyl (C=O) groups excluding carboxylic acids is 6. The number of aromatic amines is 1. The lowest BCUT2D eigenvalue weighted by molar-refractivity contribution is -0.141. The van der Waals surface area contributed by atoms with Gasteiger partial charge in [-0.15, -0.1) is 0 Å². The van der Waals surface area contributed by atoms with Gasteiger partial charge < -0.3 is 30.9 Å². The second-order valence-corrected chi connectivity index (χ2v) is 22.5. The van der Waals surface area contributed by atoms with E-state index in [0.29, 0.717) is 95.1 Å². The number of methoxy groups -OCH3 is 1. The monoisotopic (exact) mass is 1120 g/mol. The molecule has 6 heterocycles. The van der Waals surface area contributed by atoms with Gasteiger partial charge in [0.2, 0.25) is 23.6 Å². The van der Waals surface area contributed by atoms with Crippen LogP contribution in [0.2, 0.25) is 0 Å². The third-order valence-corrected chi connectivity index (χ3v) is 17.1. The van der Waals surface area contributed by atoms with Gasteiger partial charge in [0.15, 0.2) is 5.69 Å². The van der Waals surface area contributed by atoms with Gasteiger partial charge in [0, 0.05) is 84.1 Å². The summed E-state index contributed by atoms with van der Waals surface area (Å²) in [6.07, 6.45) is 14.9. The number of hydrogen-bond donors (Lipinski definition) is 5. The van der Waals surface area contributed by atoms with Crippen LogP contribution in [0.15, 0.2) is 48.9 Å². The van der Waals surface area contributed by atoms with Crippen LogP contribution in [0.25, 0.3) is 32.9 Å². The molecule has 0 unspecified atom stereocenters. The van der Waals surface area contributed by atoms with Crippen molar-refractivity contribution in [3.8, 4) is 11.1 Å². The van der Waals surface area contributed by atoms with Gasteiger partial charge in [-0.25, -0.2) is 13.2 Å². The minimum atomic E-state index is -2.74. The van der Waals surface area contributed by atoms with Gasteiger partial charge in [-0.2, -0.15) is 20.4 Å². The predicted molar refractivity (Wildman–Crippen MR) is 293 cm³/mol. The molecule has 0 radical (unpaired) electrons. The van der Waals surface area contributed by atoms with Crippen molar-refractivity contribution in [2.75, 3.05) is 64.8 Å². The Hall–Kier alpha value is -7.63. The number of esters is 1. The number of H-pyrrole nitrogens is 1. The highest BCUT2D eigenvalue weighted by atomic mass is 19.3. The van der Waals surface area contributed by atoms with Gasteiger partial charge in [0.25, 0.3) is 11.8 Å². The molecule has 0 spiro atoms. The Labute approximate surface area is 466 Å². The number of fused-ring (bicyclic) bond motifs is 4. The summed E-state index contributed by atoms with van der Waals surface area (Å²) >= 11 is 0. The number of halogens is 3. The second-order valence-electron chi connectivity index (χ2n) is 22.5. The number of hydrogen-bond acceptors (Lipinski definition) is 12. The van der Waals surface area contributed by atoms with Crippen molar-refractivity contribution in [1.82, 2.24) is 65.3 Å². The van der Waals surface area contributed by atoms with Crippen molar-refractivity contribution in [2.45, 2.75) is 122 Å². The summed E-state index contributed by atoms with van der Waals surface area (Å²) in [5.41, 5.74) is 3.79. The maximum atomic E-state index is 15.9. The molecule has 24 heteroatoms. The molecule has 0 bridgehead atoms. The topological polar surface area (TPSA) is 248 Å². The molecule has 432 valence electrons. The predicted octanol–water partition coefficient (Wildman–Crippen LogP) is 5.87. The van der Waals surface area contributed by atoms with Crippen molar-refractivity contribution < 1.29 is 46.7 Å². The first-order valence-corrected chi connectivity index (χ1v) is 28.3. The van der Waals surface area contributed by atoms with Crippen LogP contribution in [-0.4, -0.2) is 150 Å². The molecule has 2 saturated heterocycles. The minimum absolute atomic E-state index is 0.0215. The van der Waals surface area contributed by atoms with E-state index in [9.17, 15) is 37.5 Å². The summed E-state index contributed by atoms with van der Waals surface area (Å²) in [5, 5.41) is 32.9. The molecule has 6 aromatic rings. The van der Waals surface area contributed by atoms with Crippen LogP contribution in [0.1, 0.15) is 111 Å².